The molecule has 4 nitrogen and oxygen atoms in total. The fraction of sp³-hybridized carbons (Fsp3) is 0.292. The minimum atomic E-state index is 0.117. The number of amides is 1. The molecule has 144 valence electrons. The Morgan fingerprint density at radius 1 is 1.04 bits per heavy atom. The molecule has 0 radical (unpaired) electrons. The van der Waals surface area contributed by atoms with Gasteiger partial charge in [-0.2, -0.15) is 0 Å². The molecule has 0 saturated carbocycles. The second-order valence-electron chi connectivity index (χ2n) is 7.58. The van der Waals surface area contributed by atoms with E-state index in [4.69, 9.17) is 0 Å². The number of nitrogens with one attached hydrogen (secondary N) is 1. The molecule has 28 heavy (non-hydrogen) atoms. The molecule has 1 aliphatic rings. The summed E-state index contributed by atoms with van der Waals surface area (Å²) in [4.78, 5) is 20.7. The summed E-state index contributed by atoms with van der Waals surface area (Å²) in [7, 11) is 0. The maximum atomic E-state index is 13.0. The Morgan fingerprint density at radius 3 is 2.54 bits per heavy atom. The van der Waals surface area contributed by atoms with Crippen LogP contribution >= 0.6 is 0 Å². The van der Waals surface area contributed by atoms with Crippen molar-refractivity contribution >= 4 is 22.9 Å². The third kappa shape index (κ3) is 3.87. The molecule has 2 heterocycles. The molecule has 0 bridgehead atoms. The maximum absolute atomic E-state index is 13.0. The van der Waals surface area contributed by atoms with E-state index in [-0.39, 0.29) is 5.91 Å². The number of hydrogen-bond donors (Lipinski definition) is 1. The van der Waals surface area contributed by atoms with Gasteiger partial charge >= 0.3 is 0 Å². The van der Waals surface area contributed by atoms with Gasteiger partial charge in [0.25, 0.3) is 5.91 Å². The van der Waals surface area contributed by atoms with E-state index in [0.717, 1.165) is 54.9 Å². The normalized spacial score (nSPS) is 15.6. The lowest BCUT2D eigenvalue weighted by Crippen LogP contribution is -2.48. The average molecular weight is 374 g/mol. The molecular formula is C24H27N3O. The highest BCUT2D eigenvalue weighted by molar-refractivity contribution is 6.01. The van der Waals surface area contributed by atoms with Gasteiger partial charge in [0.05, 0.1) is 0 Å². The standard InChI is InChI=1S/C24H27N3O/c1-18-10-11-22-21(17-18)19(2)23(25-22)24(28)27-15-13-26(14-16-27)12-6-9-20-7-4-3-5-8-20/h3-11,17,25H,12-16H2,1-2H3/b9-6+. The van der Waals surface area contributed by atoms with Gasteiger partial charge in [-0.25, -0.2) is 0 Å². The van der Waals surface area contributed by atoms with Crippen molar-refractivity contribution in [2.24, 2.45) is 0 Å². The van der Waals surface area contributed by atoms with Crippen LogP contribution in [0, 0.1) is 13.8 Å². The van der Waals surface area contributed by atoms with Crippen LogP contribution in [0.2, 0.25) is 0 Å². The van der Waals surface area contributed by atoms with Crippen LogP contribution in [0.15, 0.2) is 54.6 Å². The van der Waals surface area contributed by atoms with E-state index >= 15 is 0 Å². The van der Waals surface area contributed by atoms with E-state index in [9.17, 15) is 4.79 Å². The van der Waals surface area contributed by atoms with E-state index in [1.165, 1.54) is 11.1 Å². The first-order chi connectivity index (χ1) is 13.6. The summed E-state index contributed by atoms with van der Waals surface area (Å²) < 4.78 is 0. The zero-order valence-electron chi connectivity index (χ0n) is 16.6. The monoisotopic (exact) mass is 373 g/mol. The average Bonchev–Trinajstić information content (AvgIpc) is 3.05. The molecule has 4 rings (SSSR count). The van der Waals surface area contributed by atoms with E-state index in [1.54, 1.807) is 0 Å². The Morgan fingerprint density at radius 2 is 1.79 bits per heavy atom. The van der Waals surface area contributed by atoms with Crippen LogP contribution in [-0.2, 0) is 0 Å². The molecule has 1 saturated heterocycles. The second kappa shape index (κ2) is 8.03. The van der Waals surface area contributed by atoms with Crippen LogP contribution in [0.5, 0.6) is 0 Å². The molecule has 0 aliphatic carbocycles. The minimum absolute atomic E-state index is 0.117. The number of H-pyrrole nitrogens is 1. The number of nitrogens with zero attached hydrogens (tertiary/aromatic N) is 2. The van der Waals surface area contributed by atoms with Gasteiger partial charge < -0.3 is 9.88 Å². The number of rotatable bonds is 4. The van der Waals surface area contributed by atoms with Crippen LogP contribution in [0.4, 0.5) is 0 Å². The lowest BCUT2D eigenvalue weighted by atomic mass is 10.1. The molecule has 2 aromatic carbocycles. The third-order valence-corrected chi connectivity index (χ3v) is 5.56. The number of benzene rings is 2. The molecule has 0 atom stereocenters. The van der Waals surface area contributed by atoms with Crippen molar-refractivity contribution < 1.29 is 4.79 Å². The van der Waals surface area contributed by atoms with Crippen LogP contribution < -0.4 is 0 Å². The van der Waals surface area contributed by atoms with E-state index in [1.807, 2.05) is 17.9 Å². The summed E-state index contributed by atoms with van der Waals surface area (Å²) in [6, 6.07) is 16.6. The number of fused-ring (bicyclic) bond motifs is 1. The lowest BCUT2D eigenvalue weighted by Gasteiger charge is -2.34. The number of aromatic amines is 1. The summed E-state index contributed by atoms with van der Waals surface area (Å²) in [5.74, 6) is 0.117. The number of aromatic nitrogens is 1. The highest BCUT2D eigenvalue weighted by Gasteiger charge is 2.24. The number of piperazine rings is 1. The summed E-state index contributed by atoms with van der Waals surface area (Å²) in [6.45, 7) is 8.39. The molecule has 1 fully saturated rings. The summed E-state index contributed by atoms with van der Waals surface area (Å²) in [6.07, 6.45) is 4.37. The Bertz CT molecular complexity index is 995. The van der Waals surface area contributed by atoms with Gasteiger partial charge in [-0.15, -0.1) is 0 Å². The molecule has 0 unspecified atom stereocenters. The molecule has 1 aromatic heterocycles. The summed E-state index contributed by atoms with van der Waals surface area (Å²) >= 11 is 0. The lowest BCUT2D eigenvalue weighted by molar-refractivity contribution is 0.0644. The molecule has 0 spiro atoms. The smallest absolute Gasteiger partial charge is 0.270 e. The van der Waals surface area contributed by atoms with Crippen molar-refractivity contribution in [3.8, 4) is 0 Å². The summed E-state index contributed by atoms with van der Waals surface area (Å²) in [5, 5.41) is 1.15. The van der Waals surface area contributed by atoms with Crippen molar-refractivity contribution in [1.82, 2.24) is 14.8 Å². The van der Waals surface area contributed by atoms with E-state index < -0.39 is 0 Å². The molecular weight excluding hydrogens is 346 g/mol. The predicted molar refractivity (Wildman–Crippen MR) is 116 cm³/mol. The number of aryl methyl sites for hydroxylation is 2. The molecule has 1 aliphatic heterocycles. The van der Waals surface area contributed by atoms with E-state index in [0.29, 0.717) is 0 Å². The first-order valence-electron chi connectivity index (χ1n) is 9.94. The second-order valence-corrected chi connectivity index (χ2v) is 7.58. The first kappa shape index (κ1) is 18.5. The number of hydrogen-bond acceptors (Lipinski definition) is 2. The van der Waals surface area contributed by atoms with Crippen LogP contribution in [0.1, 0.15) is 27.2 Å². The Hall–Kier alpha value is -2.85. The van der Waals surface area contributed by atoms with Gasteiger partial charge in [-0.1, -0.05) is 54.1 Å². The molecule has 1 amide bonds. The zero-order valence-corrected chi connectivity index (χ0v) is 16.6. The topological polar surface area (TPSA) is 39.3 Å². The number of carbonyl (C=O) groups excluding carboxylic acids is 1. The van der Waals surface area contributed by atoms with Gasteiger partial charge in [0.2, 0.25) is 0 Å². The zero-order chi connectivity index (χ0) is 19.5. The van der Waals surface area contributed by atoms with Crippen molar-refractivity contribution in [3.05, 3.63) is 77.0 Å². The fourth-order valence-electron chi connectivity index (χ4n) is 3.85. The fourth-order valence-corrected chi connectivity index (χ4v) is 3.85. The van der Waals surface area contributed by atoms with Gasteiger partial charge in [-0.3, -0.25) is 9.69 Å². The Kier molecular flexibility index (Phi) is 5.31. The first-order valence-corrected chi connectivity index (χ1v) is 9.94. The molecule has 3 aromatic rings. The van der Waals surface area contributed by atoms with Crippen molar-refractivity contribution in [2.45, 2.75) is 13.8 Å². The Labute approximate surface area is 166 Å². The Balaban J connectivity index is 1.36. The highest BCUT2D eigenvalue weighted by atomic mass is 16.2. The van der Waals surface area contributed by atoms with Gasteiger partial charge in [0.15, 0.2) is 0 Å². The third-order valence-electron chi connectivity index (χ3n) is 5.56. The molecule has 1 N–H and O–H groups in total. The van der Waals surface area contributed by atoms with Crippen LogP contribution in [-0.4, -0.2) is 53.4 Å². The van der Waals surface area contributed by atoms with Crippen molar-refractivity contribution in [1.29, 1.82) is 0 Å². The van der Waals surface area contributed by atoms with Crippen molar-refractivity contribution in [2.75, 3.05) is 32.7 Å². The largest absolute Gasteiger partial charge is 0.350 e. The van der Waals surface area contributed by atoms with Gasteiger partial charge in [0, 0.05) is 43.6 Å². The van der Waals surface area contributed by atoms with E-state index in [2.05, 4.69) is 71.4 Å². The predicted octanol–water partition coefficient (Wildman–Crippen LogP) is 4.26. The molecule has 4 heteroatoms. The summed E-state index contributed by atoms with van der Waals surface area (Å²) in [5.41, 5.74) is 5.26. The SMILES string of the molecule is Cc1ccc2[nH]c(C(=O)N3CCN(C/C=C/c4ccccc4)CC3)c(C)c2c1. The maximum Gasteiger partial charge on any atom is 0.270 e. The highest BCUT2D eigenvalue weighted by Crippen LogP contribution is 2.24. The number of carbonyl (C=O) groups is 1. The quantitative estimate of drug-likeness (QED) is 0.742. The van der Waals surface area contributed by atoms with Crippen LogP contribution in [0.3, 0.4) is 0 Å². The van der Waals surface area contributed by atoms with Crippen LogP contribution in [0.25, 0.3) is 17.0 Å². The van der Waals surface area contributed by atoms with Crippen molar-refractivity contribution in [3.63, 3.8) is 0 Å². The van der Waals surface area contributed by atoms with Gasteiger partial charge in [-0.05, 0) is 37.1 Å². The van der Waals surface area contributed by atoms with Gasteiger partial charge in [0.1, 0.15) is 5.69 Å². The minimum Gasteiger partial charge on any atom is -0.350 e.